The number of carboxylic acid groups (broad SMARTS) is 1. The summed E-state index contributed by atoms with van der Waals surface area (Å²) in [6, 6.07) is 5.50. The van der Waals surface area contributed by atoms with Crippen LogP contribution >= 0.6 is 11.8 Å². The third-order valence-corrected chi connectivity index (χ3v) is 6.48. The van der Waals surface area contributed by atoms with Gasteiger partial charge in [0.15, 0.2) is 11.5 Å². The maximum atomic E-state index is 12.0. The molecule has 7 heteroatoms. The van der Waals surface area contributed by atoms with Gasteiger partial charge in [0, 0.05) is 43.7 Å². The molecule has 142 valence electrons. The van der Waals surface area contributed by atoms with Crippen molar-refractivity contribution in [3.63, 3.8) is 0 Å². The summed E-state index contributed by atoms with van der Waals surface area (Å²) in [5.74, 6) is 2.99. The van der Waals surface area contributed by atoms with E-state index in [1.54, 1.807) is 0 Å². The van der Waals surface area contributed by atoms with Gasteiger partial charge in [0.05, 0.1) is 0 Å². The van der Waals surface area contributed by atoms with Crippen molar-refractivity contribution < 1.29 is 19.4 Å². The van der Waals surface area contributed by atoms with Crippen LogP contribution in [-0.4, -0.2) is 77.8 Å². The second-order valence-electron chi connectivity index (χ2n) is 7.06. The molecule has 26 heavy (non-hydrogen) atoms. The smallest absolute Gasteiger partial charge is 0.325 e. The highest BCUT2D eigenvalue weighted by Crippen LogP contribution is 2.35. The number of hydrogen-bond acceptors (Lipinski definition) is 6. The number of rotatable bonds is 4. The van der Waals surface area contributed by atoms with Crippen molar-refractivity contribution in [1.29, 1.82) is 0 Å². The average Bonchev–Trinajstić information content (AvgIpc) is 2.69. The Hall–Kier alpha value is -1.44. The van der Waals surface area contributed by atoms with Crippen molar-refractivity contribution in [3.8, 4) is 11.5 Å². The van der Waals surface area contributed by atoms with E-state index in [1.165, 1.54) is 24.6 Å². The van der Waals surface area contributed by atoms with Gasteiger partial charge in [-0.3, -0.25) is 14.6 Å². The number of hydrogen-bond donors (Lipinski definition) is 1. The predicted octanol–water partition coefficient (Wildman–Crippen LogP) is 2.10. The van der Waals surface area contributed by atoms with Crippen LogP contribution in [0.2, 0.25) is 0 Å². The zero-order valence-corrected chi connectivity index (χ0v) is 15.7. The van der Waals surface area contributed by atoms with Crippen molar-refractivity contribution in [1.82, 2.24) is 9.80 Å². The number of likely N-dealkylation sites (tertiary alicyclic amines) is 1. The Morgan fingerprint density at radius 2 is 1.77 bits per heavy atom. The lowest BCUT2D eigenvalue weighted by molar-refractivity contribution is -0.144. The summed E-state index contributed by atoms with van der Waals surface area (Å²) in [4.78, 5) is 16.7. The number of nitrogens with zero attached hydrogens (tertiary/aromatic N) is 2. The van der Waals surface area contributed by atoms with Crippen molar-refractivity contribution in [2.45, 2.75) is 24.9 Å². The quantitative estimate of drug-likeness (QED) is 0.861. The molecule has 1 N–H and O–H groups in total. The zero-order valence-electron chi connectivity index (χ0n) is 14.9. The number of carboxylic acids is 1. The first kappa shape index (κ1) is 17.9. The number of thioether (sulfide) groups is 1. The number of aliphatic carboxylic acids is 1. The van der Waals surface area contributed by atoms with E-state index < -0.39 is 12.0 Å². The van der Waals surface area contributed by atoms with Gasteiger partial charge < -0.3 is 14.6 Å². The molecule has 3 heterocycles. The Morgan fingerprint density at radius 1 is 1.08 bits per heavy atom. The summed E-state index contributed by atoms with van der Waals surface area (Å²) in [5.41, 5.74) is 0.773. The van der Waals surface area contributed by atoms with Crippen LogP contribution in [0.25, 0.3) is 0 Å². The highest BCUT2D eigenvalue weighted by atomic mass is 32.2. The first-order valence-corrected chi connectivity index (χ1v) is 10.6. The number of fused-ring (bicyclic) bond motifs is 1. The molecule has 1 aromatic rings. The van der Waals surface area contributed by atoms with Crippen LogP contribution in [0.15, 0.2) is 18.2 Å². The lowest BCUT2D eigenvalue weighted by Crippen LogP contribution is -2.49. The molecule has 0 aromatic heterocycles. The van der Waals surface area contributed by atoms with E-state index in [9.17, 15) is 9.90 Å². The SMILES string of the molecule is O=C(O)[C@H](c1ccc2c(c1)OCCO2)N1CCC(N2CCSCC2)CC1. The van der Waals surface area contributed by atoms with Crippen LogP contribution in [0.1, 0.15) is 24.4 Å². The molecule has 3 aliphatic rings. The normalized spacial score (nSPS) is 23.5. The van der Waals surface area contributed by atoms with Gasteiger partial charge >= 0.3 is 5.97 Å². The molecule has 0 spiro atoms. The number of piperidine rings is 1. The molecular formula is C19H26N2O4S. The van der Waals surface area contributed by atoms with Crippen LogP contribution in [-0.2, 0) is 4.79 Å². The molecule has 6 nitrogen and oxygen atoms in total. The van der Waals surface area contributed by atoms with Gasteiger partial charge in [-0.1, -0.05) is 6.07 Å². The third-order valence-electron chi connectivity index (χ3n) is 5.54. The van der Waals surface area contributed by atoms with Crippen LogP contribution in [0.4, 0.5) is 0 Å². The Morgan fingerprint density at radius 3 is 2.46 bits per heavy atom. The molecule has 0 unspecified atom stereocenters. The first-order valence-electron chi connectivity index (χ1n) is 9.40. The number of ether oxygens (including phenoxy) is 2. The van der Waals surface area contributed by atoms with Gasteiger partial charge in [-0.15, -0.1) is 0 Å². The Kier molecular flexibility index (Phi) is 5.57. The molecule has 2 fully saturated rings. The molecule has 0 bridgehead atoms. The van der Waals surface area contributed by atoms with Gasteiger partial charge in [-0.05, 0) is 30.5 Å². The van der Waals surface area contributed by atoms with E-state index in [0.717, 1.165) is 31.5 Å². The average molecular weight is 378 g/mol. The second kappa shape index (κ2) is 8.06. The predicted molar refractivity (Wildman–Crippen MR) is 101 cm³/mol. The summed E-state index contributed by atoms with van der Waals surface area (Å²) < 4.78 is 11.2. The number of benzene rings is 1. The monoisotopic (exact) mass is 378 g/mol. The molecule has 0 radical (unpaired) electrons. The fourth-order valence-electron chi connectivity index (χ4n) is 4.19. The maximum absolute atomic E-state index is 12.0. The van der Waals surface area contributed by atoms with E-state index in [0.29, 0.717) is 30.8 Å². The molecular weight excluding hydrogens is 352 g/mol. The Bertz CT molecular complexity index is 642. The highest BCUT2D eigenvalue weighted by Gasteiger charge is 2.33. The van der Waals surface area contributed by atoms with Crippen molar-refractivity contribution >= 4 is 17.7 Å². The van der Waals surface area contributed by atoms with Gasteiger partial charge in [-0.2, -0.15) is 11.8 Å². The van der Waals surface area contributed by atoms with Crippen LogP contribution in [0.5, 0.6) is 11.5 Å². The summed E-state index contributed by atoms with van der Waals surface area (Å²) in [6.07, 6.45) is 2.08. The van der Waals surface area contributed by atoms with E-state index in [2.05, 4.69) is 9.80 Å². The lowest BCUT2D eigenvalue weighted by atomic mass is 9.98. The molecule has 0 aliphatic carbocycles. The molecule has 0 amide bonds. The van der Waals surface area contributed by atoms with Crippen LogP contribution in [0, 0.1) is 0 Å². The van der Waals surface area contributed by atoms with Crippen molar-refractivity contribution in [2.24, 2.45) is 0 Å². The minimum Gasteiger partial charge on any atom is -0.486 e. The minimum atomic E-state index is -0.797. The summed E-state index contributed by atoms with van der Waals surface area (Å²) in [7, 11) is 0. The molecule has 0 saturated carbocycles. The fraction of sp³-hybridized carbons (Fsp3) is 0.632. The van der Waals surface area contributed by atoms with E-state index >= 15 is 0 Å². The first-order chi connectivity index (χ1) is 12.7. The Labute approximate surface area is 158 Å². The topological polar surface area (TPSA) is 62.2 Å². The lowest BCUT2D eigenvalue weighted by Gasteiger charge is -2.41. The number of carbonyl (C=O) groups is 1. The van der Waals surface area contributed by atoms with Gasteiger partial charge in [0.25, 0.3) is 0 Å². The molecule has 1 aromatic carbocycles. The highest BCUT2D eigenvalue weighted by molar-refractivity contribution is 7.99. The zero-order chi connectivity index (χ0) is 17.9. The molecule has 1 atom stereocenters. The summed E-state index contributed by atoms with van der Waals surface area (Å²) in [6.45, 7) is 5.02. The van der Waals surface area contributed by atoms with E-state index in [-0.39, 0.29) is 0 Å². The maximum Gasteiger partial charge on any atom is 0.325 e. The summed E-state index contributed by atoms with van der Waals surface area (Å²) in [5, 5.41) is 9.87. The molecule has 3 aliphatic heterocycles. The molecule has 2 saturated heterocycles. The largest absolute Gasteiger partial charge is 0.486 e. The van der Waals surface area contributed by atoms with Gasteiger partial charge in [-0.25, -0.2) is 0 Å². The van der Waals surface area contributed by atoms with Crippen LogP contribution < -0.4 is 9.47 Å². The van der Waals surface area contributed by atoms with Gasteiger partial charge in [0.2, 0.25) is 0 Å². The van der Waals surface area contributed by atoms with Crippen molar-refractivity contribution in [2.75, 3.05) is 50.9 Å². The van der Waals surface area contributed by atoms with Crippen molar-refractivity contribution in [3.05, 3.63) is 23.8 Å². The van der Waals surface area contributed by atoms with Gasteiger partial charge in [0.1, 0.15) is 19.3 Å². The van der Waals surface area contributed by atoms with E-state index in [1.807, 2.05) is 30.0 Å². The fourth-order valence-corrected chi connectivity index (χ4v) is 5.12. The third kappa shape index (κ3) is 3.80. The summed E-state index contributed by atoms with van der Waals surface area (Å²) >= 11 is 2.03. The standard InChI is InChI=1S/C19H26N2O4S/c22-19(23)18(14-1-2-16-17(13-14)25-10-9-24-16)21-5-3-15(4-6-21)20-7-11-26-12-8-20/h1-2,13,15,18H,3-12H2,(H,22,23)/t18-/m0/s1. The van der Waals surface area contributed by atoms with E-state index in [4.69, 9.17) is 9.47 Å². The van der Waals surface area contributed by atoms with Crippen LogP contribution in [0.3, 0.4) is 0 Å². The second-order valence-corrected chi connectivity index (χ2v) is 8.28. The minimum absolute atomic E-state index is 0.508. The Balaban J connectivity index is 1.45. The molecule has 4 rings (SSSR count).